The van der Waals surface area contributed by atoms with Crippen molar-refractivity contribution < 1.29 is 9.53 Å². The normalized spacial score (nSPS) is 23.9. The largest absolute Gasteiger partial charge is 0.460 e. The molecule has 2 atom stereocenters. The molecule has 2 rings (SSSR count). The summed E-state index contributed by atoms with van der Waals surface area (Å²) in [4.78, 5) is 12.1. The Balaban J connectivity index is 2.00. The Kier molecular flexibility index (Phi) is 4.25. The van der Waals surface area contributed by atoms with Gasteiger partial charge in [0.15, 0.2) is 0 Å². The molecular weight excluding hydrogens is 238 g/mol. The average Bonchev–Trinajstić information content (AvgIpc) is 2.38. The van der Waals surface area contributed by atoms with Gasteiger partial charge in [0, 0.05) is 13.1 Å². The van der Waals surface area contributed by atoms with Crippen LogP contribution < -0.4 is 5.32 Å². The predicted octanol–water partition coefficient (Wildman–Crippen LogP) is 2.72. The third kappa shape index (κ3) is 4.06. The van der Waals surface area contributed by atoms with Crippen LogP contribution in [-0.2, 0) is 9.53 Å². The number of carbonyl (C=O) groups excluding carboxylic acids is 1. The highest BCUT2D eigenvalue weighted by Gasteiger charge is 2.31. The molecule has 1 N–H and O–H groups in total. The molecule has 2 unspecified atom stereocenters. The van der Waals surface area contributed by atoms with Gasteiger partial charge in [-0.15, -0.1) is 0 Å². The van der Waals surface area contributed by atoms with Crippen LogP contribution in [0.3, 0.4) is 0 Å². The van der Waals surface area contributed by atoms with E-state index < -0.39 is 5.60 Å². The van der Waals surface area contributed by atoms with Crippen molar-refractivity contribution in [2.45, 2.75) is 38.7 Å². The zero-order chi connectivity index (χ0) is 13.9. The van der Waals surface area contributed by atoms with Gasteiger partial charge >= 0.3 is 5.97 Å². The van der Waals surface area contributed by atoms with Crippen LogP contribution in [-0.4, -0.2) is 24.7 Å². The lowest BCUT2D eigenvalue weighted by Crippen LogP contribution is -2.41. The van der Waals surface area contributed by atoms with Crippen molar-refractivity contribution in [3.63, 3.8) is 0 Å². The number of esters is 1. The number of rotatable bonds is 2. The minimum atomic E-state index is -0.406. The van der Waals surface area contributed by atoms with Crippen molar-refractivity contribution in [3.8, 4) is 0 Å². The molecular formula is C16H23NO2. The lowest BCUT2D eigenvalue weighted by atomic mass is 9.85. The van der Waals surface area contributed by atoms with Crippen LogP contribution in [0, 0.1) is 5.92 Å². The molecule has 0 aliphatic carbocycles. The van der Waals surface area contributed by atoms with Gasteiger partial charge in [-0.05, 0) is 38.7 Å². The smallest absolute Gasteiger partial charge is 0.310 e. The first-order valence-electron chi connectivity index (χ1n) is 6.94. The van der Waals surface area contributed by atoms with E-state index >= 15 is 0 Å². The summed E-state index contributed by atoms with van der Waals surface area (Å²) in [6.07, 6.45) is 0.867. The monoisotopic (exact) mass is 261 g/mol. The summed E-state index contributed by atoms with van der Waals surface area (Å²) >= 11 is 0. The first-order valence-corrected chi connectivity index (χ1v) is 6.94. The lowest BCUT2D eigenvalue weighted by molar-refractivity contribution is -0.160. The summed E-state index contributed by atoms with van der Waals surface area (Å²) in [5.74, 6) is 0.270. The van der Waals surface area contributed by atoms with Crippen LogP contribution in [0.1, 0.15) is 38.7 Å². The highest BCUT2D eigenvalue weighted by atomic mass is 16.6. The summed E-state index contributed by atoms with van der Waals surface area (Å²) in [6, 6.07) is 10.4. The number of nitrogens with one attached hydrogen (secondary N) is 1. The first-order chi connectivity index (χ1) is 8.96. The molecule has 19 heavy (non-hydrogen) atoms. The second-order valence-corrected chi connectivity index (χ2v) is 6.23. The maximum Gasteiger partial charge on any atom is 0.310 e. The van der Waals surface area contributed by atoms with Crippen LogP contribution in [0.5, 0.6) is 0 Å². The molecule has 1 aliphatic heterocycles. The van der Waals surface area contributed by atoms with Gasteiger partial charge in [-0.2, -0.15) is 0 Å². The standard InChI is InChI=1S/C16H23NO2/c1-16(2,3)19-15(18)14-9-13(10-17-11-14)12-7-5-4-6-8-12/h4-8,13-14,17H,9-11H2,1-3H3. The van der Waals surface area contributed by atoms with Gasteiger partial charge in [0.2, 0.25) is 0 Å². The van der Waals surface area contributed by atoms with E-state index in [1.807, 2.05) is 39.0 Å². The van der Waals surface area contributed by atoms with Gasteiger partial charge in [0.05, 0.1) is 5.92 Å². The fraction of sp³-hybridized carbons (Fsp3) is 0.562. The predicted molar refractivity (Wildman–Crippen MR) is 76.0 cm³/mol. The van der Waals surface area contributed by atoms with E-state index in [2.05, 4.69) is 17.4 Å². The number of hydrogen-bond acceptors (Lipinski definition) is 3. The molecule has 0 saturated carbocycles. The first kappa shape index (κ1) is 14.1. The second kappa shape index (κ2) is 5.74. The zero-order valence-electron chi connectivity index (χ0n) is 12.0. The van der Waals surface area contributed by atoms with Crippen LogP contribution in [0.4, 0.5) is 0 Å². The lowest BCUT2D eigenvalue weighted by Gasteiger charge is -2.31. The maximum absolute atomic E-state index is 12.1. The van der Waals surface area contributed by atoms with Crippen molar-refractivity contribution in [1.82, 2.24) is 5.32 Å². The van der Waals surface area contributed by atoms with Crippen LogP contribution in [0.15, 0.2) is 30.3 Å². The van der Waals surface area contributed by atoms with Gasteiger partial charge < -0.3 is 10.1 Å². The number of hydrogen-bond donors (Lipinski definition) is 1. The van der Waals surface area contributed by atoms with Crippen molar-refractivity contribution in [3.05, 3.63) is 35.9 Å². The minimum absolute atomic E-state index is 0.0434. The number of benzene rings is 1. The van der Waals surface area contributed by atoms with Gasteiger partial charge in [-0.25, -0.2) is 0 Å². The van der Waals surface area contributed by atoms with Gasteiger partial charge in [-0.3, -0.25) is 4.79 Å². The SMILES string of the molecule is CC(C)(C)OC(=O)C1CNCC(c2ccccc2)C1. The van der Waals surface area contributed by atoms with Gasteiger partial charge in [0.25, 0.3) is 0 Å². The molecule has 3 heteroatoms. The Labute approximate surface area is 115 Å². The molecule has 1 aromatic carbocycles. The van der Waals surface area contributed by atoms with Crippen LogP contribution >= 0.6 is 0 Å². The summed E-state index contributed by atoms with van der Waals surface area (Å²) in [5.41, 5.74) is 0.889. The Bertz CT molecular complexity index is 422. The van der Waals surface area contributed by atoms with Crippen molar-refractivity contribution in [2.24, 2.45) is 5.92 Å². The molecule has 0 bridgehead atoms. The number of ether oxygens (including phenoxy) is 1. The molecule has 1 aliphatic rings. The summed E-state index contributed by atoms with van der Waals surface area (Å²) < 4.78 is 5.48. The van der Waals surface area contributed by atoms with E-state index in [1.165, 1.54) is 5.56 Å². The minimum Gasteiger partial charge on any atom is -0.460 e. The van der Waals surface area contributed by atoms with Crippen LogP contribution in [0.25, 0.3) is 0 Å². The molecule has 104 valence electrons. The Hall–Kier alpha value is -1.35. The second-order valence-electron chi connectivity index (χ2n) is 6.23. The summed E-state index contributed by atoms with van der Waals surface area (Å²) in [7, 11) is 0. The average molecular weight is 261 g/mol. The van der Waals surface area contributed by atoms with Crippen molar-refractivity contribution >= 4 is 5.97 Å². The van der Waals surface area contributed by atoms with E-state index in [9.17, 15) is 4.79 Å². The van der Waals surface area contributed by atoms with E-state index in [1.54, 1.807) is 0 Å². The molecule has 1 fully saturated rings. The molecule has 1 heterocycles. The molecule has 0 amide bonds. The molecule has 0 aromatic heterocycles. The van der Waals surface area contributed by atoms with Crippen LogP contribution in [0.2, 0.25) is 0 Å². The zero-order valence-corrected chi connectivity index (χ0v) is 12.0. The Morgan fingerprint density at radius 2 is 1.89 bits per heavy atom. The fourth-order valence-electron chi connectivity index (χ4n) is 2.49. The quantitative estimate of drug-likeness (QED) is 0.832. The molecule has 3 nitrogen and oxygen atoms in total. The highest BCUT2D eigenvalue weighted by molar-refractivity contribution is 5.73. The third-order valence-electron chi connectivity index (χ3n) is 3.36. The van der Waals surface area contributed by atoms with E-state index in [0.29, 0.717) is 5.92 Å². The highest BCUT2D eigenvalue weighted by Crippen LogP contribution is 2.27. The Morgan fingerprint density at radius 3 is 2.53 bits per heavy atom. The maximum atomic E-state index is 12.1. The molecule has 1 saturated heterocycles. The van der Waals surface area contributed by atoms with E-state index in [0.717, 1.165) is 19.5 Å². The number of piperidine rings is 1. The van der Waals surface area contributed by atoms with Crippen molar-refractivity contribution in [2.75, 3.05) is 13.1 Å². The fourth-order valence-corrected chi connectivity index (χ4v) is 2.49. The summed E-state index contributed by atoms with van der Waals surface area (Å²) in [6.45, 7) is 7.39. The Morgan fingerprint density at radius 1 is 1.21 bits per heavy atom. The summed E-state index contributed by atoms with van der Waals surface area (Å²) in [5, 5.41) is 3.35. The third-order valence-corrected chi connectivity index (χ3v) is 3.36. The van der Waals surface area contributed by atoms with Gasteiger partial charge in [0.1, 0.15) is 5.60 Å². The van der Waals surface area contributed by atoms with Crippen molar-refractivity contribution in [1.29, 1.82) is 0 Å². The molecule has 1 aromatic rings. The van der Waals surface area contributed by atoms with Gasteiger partial charge in [-0.1, -0.05) is 30.3 Å². The molecule has 0 radical (unpaired) electrons. The number of carbonyl (C=O) groups is 1. The molecule has 0 spiro atoms. The van der Waals surface area contributed by atoms with E-state index in [4.69, 9.17) is 4.74 Å². The topological polar surface area (TPSA) is 38.3 Å². The van der Waals surface area contributed by atoms with E-state index in [-0.39, 0.29) is 11.9 Å².